The van der Waals surface area contributed by atoms with E-state index in [0.717, 1.165) is 18.7 Å². The summed E-state index contributed by atoms with van der Waals surface area (Å²) in [4.78, 5) is 0. The third-order valence-corrected chi connectivity index (χ3v) is 2.16. The van der Waals surface area contributed by atoms with Crippen LogP contribution in [-0.2, 0) is 13.1 Å². The van der Waals surface area contributed by atoms with Gasteiger partial charge in [0.15, 0.2) is 11.5 Å². The van der Waals surface area contributed by atoms with Gasteiger partial charge in [-0.15, -0.1) is 0 Å². The van der Waals surface area contributed by atoms with Crippen LogP contribution in [0.4, 0.5) is 0 Å². The van der Waals surface area contributed by atoms with Gasteiger partial charge in [0.05, 0.1) is 7.11 Å². The summed E-state index contributed by atoms with van der Waals surface area (Å²) in [5.74, 6) is 0.831. The Kier molecular flexibility index (Phi) is 1.66. The first-order valence-electron chi connectivity index (χ1n) is 3.91. The first kappa shape index (κ1) is 7.43. The summed E-state index contributed by atoms with van der Waals surface area (Å²) in [5, 5.41) is 12.6. The third kappa shape index (κ3) is 0.940. The first-order valence-corrected chi connectivity index (χ1v) is 3.91. The molecule has 64 valence electrons. The maximum absolute atomic E-state index is 9.42. The summed E-state index contributed by atoms with van der Waals surface area (Å²) in [5.41, 5.74) is 2.29. The minimum Gasteiger partial charge on any atom is -0.504 e. The van der Waals surface area contributed by atoms with E-state index in [1.54, 1.807) is 13.2 Å². The van der Waals surface area contributed by atoms with Gasteiger partial charge in [0.1, 0.15) is 0 Å². The molecule has 0 atom stereocenters. The Labute approximate surface area is 71.0 Å². The number of aromatic hydroxyl groups is 1. The number of rotatable bonds is 1. The van der Waals surface area contributed by atoms with Gasteiger partial charge in [-0.2, -0.15) is 0 Å². The summed E-state index contributed by atoms with van der Waals surface area (Å²) in [7, 11) is 1.58. The van der Waals surface area contributed by atoms with Crippen LogP contribution in [0.5, 0.6) is 11.5 Å². The average molecular weight is 165 g/mol. The molecule has 3 heteroatoms. The van der Waals surface area contributed by atoms with E-state index in [-0.39, 0.29) is 5.75 Å². The number of phenolic OH excluding ortho intramolecular Hbond substituents is 1. The minimum absolute atomic E-state index is 0.222. The number of nitrogens with one attached hydrogen (secondary N) is 1. The average Bonchev–Trinajstić information content (AvgIpc) is 2.52. The van der Waals surface area contributed by atoms with Crippen LogP contribution in [0.25, 0.3) is 0 Å². The lowest BCUT2D eigenvalue weighted by Gasteiger charge is -2.07. The van der Waals surface area contributed by atoms with E-state index in [4.69, 9.17) is 4.74 Å². The number of fused-ring (bicyclic) bond motifs is 1. The Morgan fingerprint density at radius 2 is 2.25 bits per heavy atom. The second-order valence-corrected chi connectivity index (χ2v) is 2.86. The van der Waals surface area contributed by atoms with Crippen LogP contribution >= 0.6 is 0 Å². The van der Waals surface area contributed by atoms with Crippen molar-refractivity contribution in [1.29, 1.82) is 0 Å². The minimum atomic E-state index is 0.222. The van der Waals surface area contributed by atoms with E-state index in [1.807, 2.05) is 6.07 Å². The van der Waals surface area contributed by atoms with Crippen molar-refractivity contribution in [3.63, 3.8) is 0 Å². The Hall–Kier alpha value is -1.22. The van der Waals surface area contributed by atoms with Crippen LogP contribution in [0, 0.1) is 0 Å². The molecule has 0 fully saturated rings. The molecule has 1 heterocycles. The topological polar surface area (TPSA) is 41.5 Å². The van der Waals surface area contributed by atoms with Crippen LogP contribution in [0.3, 0.4) is 0 Å². The molecule has 0 saturated heterocycles. The predicted octanol–water partition coefficient (Wildman–Crippen LogP) is 1.00. The molecule has 0 unspecified atom stereocenters. The monoisotopic (exact) mass is 165 g/mol. The van der Waals surface area contributed by atoms with Gasteiger partial charge < -0.3 is 15.2 Å². The van der Waals surface area contributed by atoms with Crippen LogP contribution in [0.1, 0.15) is 11.1 Å². The maximum atomic E-state index is 9.42. The largest absolute Gasteiger partial charge is 0.504 e. The molecule has 0 amide bonds. The Morgan fingerprint density at radius 3 is 3.00 bits per heavy atom. The SMILES string of the molecule is COc1c(O)ccc2c1CNC2. The molecule has 0 saturated carbocycles. The van der Waals surface area contributed by atoms with Crippen molar-refractivity contribution < 1.29 is 9.84 Å². The van der Waals surface area contributed by atoms with E-state index in [0.29, 0.717) is 5.75 Å². The highest BCUT2D eigenvalue weighted by molar-refractivity contribution is 5.51. The van der Waals surface area contributed by atoms with Gasteiger partial charge in [0.2, 0.25) is 0 Å². The Morgan fingerprint density at radius 1 is 1.42 bits per heavy atom. The number of methoxy groups -OCH3 is 1. The van der Waals surface area contributed by atoms with Crippen molar-refractivity contribution in [3.8, 4) is 11.5 Å². The van der Waals surface area contributed by atoms with Crippen molar-refractivity contribution in [2.24, 2.45) is 0 Å². The number of phenols is 1. The highest BCUT2D eigenvalue weighted by Crippen LogP contribution is 2.34. The van der Waals surface area contributed by atoms with Crippen LogP contribution in [0.2, 0.25) is 0 Å². The number of benzene rings is 1. The molecule has 0 spiro atoms. The molecule has 1 aromatic carbocycles. The van der Waals surface area contributed by atoms with Crippen LogP contribution in [-0.4, -0.2) is 12.2 Å². The van der Waals surface area contributed by atoms with Crippen LogP contribution < -0.4 is 10.1 Å². The number of hydrogen-bond acceptors (Lipinski definition) is 3. The molecule has 0 radical (unpaired) electrons. The maximum Gasteiger partial charge on any atom is 0.165 e. The highest BCUT2D eigenvalue weighted by atomic mass is 16.5. The second-order valence-electron chi connectivity index (χ2n) is 2.86. The van der Waals surface area contributed by atoms with Gasteiger partial charge in [-0.1, -0.05) is 6.07 Å². The first-order chi connectivity index (χ1) is 5.83. The smallest absolute Gasteiger partial charge is 0.165 e. The molecule has 2 rings (SSSR count). The van der Waals surface area contributed by atoms with Crippen molar-refractivity contribution in [3.05, 3.63) is 23.3 Å². The van der Waals surface area contributed by atoms with Crippen LogP contribution in [0.15, 0.2) is 12.1 Å². The quantitative estimate of drug-likeness (QED) is 0.652. The zero-order chi connectivity index (χ0) is 8.55. The molecule has 12 heavy (non-hydrogen) atoms. The molecule has 1 aliphatic heterocycles. The van der Waals surface area contributed by atoms with E-state index in [2.05, 4.69) is 5.32 Å². The lowest BCUT2D eigenvalue weighted by molar-refractivity contribution is 0.369. The molecule has 1 aliphatic rings. The van der Waals surface area contributed by atoms with Gasteiger partial charge >= 0.3 is 0 Å². The summed E-state index contributed by atoms with van der Waals surface area (Å²) in [6.07, 6.45) is 0. The normalized spacial score (nSPS) is 14.4. The molecule has 0 aromatic heterocycles. The van der Waals surface area contributed by atoms with Gasteiger partial charge in [0.25, 0.3) is 0 Å². The highest BCUT2D eigenvalue weighted by Gasteiger charge is 2.17. The molecule has 3 nitrogen and oxygen atoms in total. The second kappa shape index (κ2) is 2.68. The lowest BCUT2D eigenvalue weighted by Crippen LogP contribution is -2.00. The fourth-order valence-electron chi connectivity index (χ4n) is 1.57. The summed E-state index contributed by atoms with van der Waals surface area (Å²) < 4.78 is 5.10. The summed E-state index contributed by atoms with van der Waals surface area (Å²) in [6, 6.07) is 3.60. The van der Waals surface area contributed by atoms with E-state index in [9.17, 15) is 5.11 Å². The molecule has 1 aromatic rings. The van der Waals surface area contributed by atoms with Gasteiger partial charge in [-0.3, -0.25) is 0 Å². The zero-order valence-electron chi connectivity index (χ0n) is 6.92. The fourth-order valence-corrected chi connectivity index (χ4v) is 1.57. The summed E-state index contributed by atoms with van der Waals surface area (Å²) in [6.45, 7) is 1.65. The standard InChI is InChI=1S/C9H11NO2/c1-12-9-7-5-10-4-6(7)2-3-8(9)11/h2-3,10-11H,4-5H2,1H3. The Bertz CT molecular complexity index is 310. The van der Waals surface area contributed by atoms with Crippen molar-refractivity contribution in [2.75, 3.05) is 7.11 Å². The predicted molar refractivity (Wildman–Crippen MR) is 45.2 cm³/mol. The van der Waals surface area contributed by atoms with E-state index < -0.39 is 0 Å². The van der Waals surface area contributed by atoms with Gasteiger partial charge in [0, 0.05) is 18.7 Å². The van der Waals surface area contributed by atoms with Gasteiger partial charge in [-0.25, -0.2) is 0 Å². The van der Waals surface area contributed by atoms with E-state index >= 15 is 0 Å². The van der Waals surface area contributed by atoms with Crippen molar-refractivity contribution in [2.45, 2.75) is 13.1 Å². The van der Waals surface area contributed by atoms with E-state index in [1.165, 1.54) is 5.56 Å². The van der Waals surface area contributed by atoms with Crippen molar-refractivity contribution in [1.82, 2.24) is 5.32 Å². The Balaban J connectivity index is 2.57. The summed E-state index contributed by atoms with van der Waals surface area (Å²) >= 11 is 0. The molecular weight excluding hydrogens is 154 g/mol. The fraction of sp³-hybridized carbons (Fsp3) is 0.333. The molecule has 0 bridgehead atoms. The number of ether oxygens (including phenoxy) is 1. The molecular formula is C9H11NO2. The van der Waals surface area contributed by atoms with Crippen molar-refractivity contribution >= 4 is 0 Å². The lowest BCUT2D eigenvalue weighted by atomic mass is 10.1. The molecule has 0 aliphatic carbocycles. The zero-order valence-corrected chi connectivity index (χ0v) is 6.92. The molecule has 2 N–H and O–H groups in total. The van der Waals surface area contributed by atoms with Gasteiger partial charge in [-0.05, 0) is 11.6 Å². The number of hydrogen-bond donors (Lipinski definition) is 2. The third-order valence-electron chi connectivity index (χ3n) is 2.16.